The van der Waals surface area contributed by atoms with Crippen molar-refractivity contribution >= 4 is 29.2 Å². The van der Waals surface area contributed by atoms with Crippen LogP contribution in [0.4, 0.5) is 5.69 Å². The Labute approximate surface area is 275 Å². The first kappa shape index (κ1) is 34.0. The van der Waals surface area contributed by atoms with E-state index in [2.05, 4.69) is 10.2 Å². The average Bonchev–Trinajstić information content (AvgIpc) is 3.06. The van der Waals surface area contributed by atoms with E-state index in [1.165, 1.54) is 0 Å². The molecule has 2 heterocycles. The lowest BCUT2D eigenvalue weighted by Gasteiger charge is -2.42. The van der Waals surface area contributed by atoms with Crippen LogP contribution in [0.1, 0.15) is 86.0 Å². The van der Waals surface area contributed by atoms with Gasteiger partial charge in [-0.3, -0.25) is 9.59 Å². The van der Waals surface area contributed by atoms with E-state index in [9.17, 15) is 19.8 Å². The van der Waals surface area contributed by atoms with Crippen molar-refractivity contribution in [2.45, 2.75) is 82.1 Å². The molecule has 2 fully saturated rings. The van der Waals surface area contributed by atoms with Gasteiger partial charge in [-0.2, -0.15) is 0 Å². The third-order valence-electron chi connectivity index (χ3n) is 8.88. The van der Waals surface area contributed by atoms with Crippen molar-refractivity contribution in [3.63, 3.8) is 0 Å². The van der Waals surface area contributed by atoms with E-state index in [-0.39, 0.29) is 31.1 Å². The van der Waals surface area contributed by atoms with Crippen LogP contribution in [0.5, 0.6) is 0 Å². The molecular weight excluding hydrogens is 608 g/mol. The summed E-state index contributed by atoms with van der Waals surface area (Å²) in [7, 11) is 0. The number of carbonyl (C=O) groups excluding carboxylic acids is 1. The van der Waals surface area contributed by atoms with Gasteiger partial charge >= 0.3 is 5.97 Å². The molecule has 9 nitrogen and oxygen atoms in total. The van der Waals surface area contributed by atoms with E-state index in [1.54, 1.807) is 0 Å². The number of unbranched alkanes of at least 4 members (excludes halogenated alkanes) is 2. The zero-order chi connectivity index (χ0) is 32.5. The van der Waals surface area contributed by atoms with Gasteiger partial charge in [-0.25, -0.2) is 0 Å². The second-order valence-electron chi connectivity index (χ2n) is 12.3. The normalized spacial score (nSPS) is 21.5. The highest BCUT2D eigenvalue weighted by Gasteiger charge is 2.37. The lowest BCUT2D eigenvalue weighted by molar-refractivity contribution is -0.253. The number of hydrogen-bond donors (Lipinski definition) is 4. The lowest BCUT2D eigenvalue weighted by atomic mass is 9.84. The van der Waals surface area contributed by atoms with Gasteiger partial charge in [0.05, 0.1) is 24.4 Å². The molecule has 3 aromatic carbocycles. The van der Waals surface area contributed by atoms with Crippen LogP contribution >= 0.6 is 11.6 Å². The second-order valence-corrected chi connectivity index (χ2v) is 12.8. The van der Waals surface area contributed by atoms with Gasteiger partial charge in [-0.15, -0.1) is 0 Å². The topological polar surface area (TPSA) is 129 Å². The smallest absolute Gasteiger partial charge is 0.303 e. The van der Waals surface area contributed by atoms with Gasteiger partial charge in [0, 0.05) is 55.2 Å². The van der Waals surface area contributed by atoms with E-state index >= 15 is 0 Å². The minimum atomic E-state index is -0.888. The summed E-state index contributed by atoms with van der Waals surface area (Å²) in [5, 5.41) is 33.3. The minimum absolute atomic E-state index is 0.0294. The molecule has 0 saturated carbocycles. The number of carbonyl (C=O) groups is 2. The summed E-state index contributed by atoms with van der Waals surface area (Å²) in [5.41, 5.74) is 3.26. The number of nitrogens with zero attached hydrogens (tertiary/aromatic N) is 1. The average molecular weight is 651 g/mol. The molecule has 5 rings (SSSR count). The van der Waals surface area contributed by atoms with Gasteiger partial charge in [0.1, 0.15) is 0 Å². The number of piperidine rings is 1. The van der Waals surface area contributed by atoms with Gasteiger partial charge < -0.3 is 35.0 Å². The number of aliphatic carboxylic acids is 1. The maximum absolute atomic E-state index is 12.6. The molecule has 0 unspecified atom stereocenters. The van der Waals surface area contributed by atoms with Crippen LogP contribution in [0, 0.1) is 0 Å². The van der Waals surface area contributed by atoms with Gasteiger partial charge in [0.15, 0.2) is 6.29 Å². The molecule has 0 spiro atoms. The quantitative estimate of drug-likeness (QED) is 0.158. The first-order chi connectivity index (χ1) is 22.2. The third kappa shape index (κ3) is 9.37. The van der Waals surface area contributed by atoms with E-state index in [0.29, 0.717) is 62.2 Å². The number of ether oxygens (including phenoxy) is 2. The molecule has 1 amide bonds. The minimum Gasteiger partial charge on any atom is -0.481 e. The van der Waals surface area contributed by atoms with Crippen molar-refractivity contribution in [3.8, 4) is 0 Å². The van der Waals surface area contributed by atoms with E-state index in [1.807, 2.05) is 72.8 Å². The van der Waals surface area contributed by atoms with E-state index in [0.717, 1.165) is 35.3 Å². The fraction of sp³-hybridized carbons (Fsp3) is 0.444. The van der Waals surface area contributed by atoms with Crippen LogP contribution in [0.15, 0.2) is 72.8 Å². The molecule has 2 aliphatic heterocycles. The first-order valence-electron chi connectivity index (χ1n) is 16.0. The Kier molecular flexibility index (Phi) is 11.8. The fourth-order valence-corrected chi connectivity index (χ4v) is 6.33. The number of likely N-dealkylation sites (tertiary alicyclic amines) is 1. The molecule has 0 aromatic heterocycles. The highest BCUT2D eigenvalue weighted by molar-refractivity contribution is 6.30. The van der Waals surface area contributed by atoms with Crippen LogP contribution in [-0.2, 0) is 31.3 Å². The number of aliphatic hydroxyl groups excluding tert-OH is 1. The van der Waals surface area contributed by atoms with Crippen molar-refractivity contribution in [1.29, 1.82) is 0 Å². The first-order valence-corrected chi connectivity index (χ1v) is 16.4. The summed E-state index contributed by atoms with van der Waals surface area (Å²) in [6.45, 7) is 2.09. The van der Waals surface area contributed by atoms with Crippen molar-refractivity contribution in [3.05, 3.63) is 100 Å². The fourth-order valence-electron chi connectivity index (χ4n) is 6.20. The number of nitrogens with one attached hydrogen (secondary N) is 1. The van der Waals surface area contributed by atoms with Crippen LogP contribution < -0.4 is 5.32 Å². The van der Waals surface area contributed by atoms with Gasteiger partial charge in [-0.05, 0) is 66.6 Å². The zero-order valence-electron chi connectivity index (χ0n) is 25.9. The molecule has 2 saturated heterocycles. The van der Waals surface area contributed by atoms with Crippen LogP contribution in [0.2, 0.25) is 5.02 Å². The number of rotatable bonds is 13. The third-order valence-corrected chi connectivity index (χ3v) is 9.13. The zero-order valence-corrected chi connectivity index (χ0v) is 26.7. The highest BCUT2D eigenvalue weighted by Crippen LogP contribution is 2.40. The Morgan fingerprint density at radius 3 is 2.33 bits per heavy atom. The van der Waals surface area contributed by atoms with Crippen LogP contribution in [-0.4, -0.2) is 57.8 Å². The van der Waals surface area contributed by atoms with Gasteiger partial charge in [0.2, 0.25) is 5.91 Å². The molecule has 246 valence electrons. The van der Waals surface area contributed by atoms with Crippen molar-refractivity contribution in [2.75, 3.05) is 25.0 Å². The SMILES string of the molecule is O=C(O)CCCCCC(=O)Nc1cccc([C@@H]2O[C@H](CN3CCC(O)(c4ccc(Cl)cc4)CC3)C[C@H](c3ccc(CO)cc3)O2)c1. The molecule has 46 heavy (non-hydrogen) atoms. The highest BCUT2D eigenvalue weighted by atomic mass is 35.5. The maximum Gasteiger partial charge on any atom is 0.303 e. The predicted octanol–water partition coefficient (Wildman–Crippen LogP) is 6.33. The Balaban J connectivity index is 1.24. The van der Waals surface area contributed by atoms with Gasteiger partial charge in [0.25, 0.3) is 0 Å². The number of anilines is 1. The number of amides is 1. The number of hydrogen-bond acceptors (Lipinski definition) is 7. The molecule has 0 aliphatic carbocycles. The maximum atomic E-state index is 12.6. The molecule has 3 atom stereocenters. The summed E-state index contributed by atoms with van der Waals surface area (Å²) in [6, 6.07) is 22.7. The summed E-state index contributed by atoms with van der Waals surface area (Å²) >= 11 is 6.06. The van der Waals surface area contributed by atoms with Crippen molar-refractivity contribution in [2.24, 2.45) is 0 Å². The lowest BCUT2D eigenvalue weighted by Crippen LogP contribution is -2.46. The Bertz CT molecular complexity index is 1440. The van der Waals surface area contributed by atoms with Crippen LogP contribution in [0.25, 0.3) is 0 Å². The van der Waals surface area contributed by atoms with E-state index < -0.39 is 17.9 Å². The number of carboxylic acid groups (broad SMARTS) is 1. The Morgan fingerprint density at radius 2 is 1.63 bits per heavy atom. The largest absolute Gasteiger partial charge is 0.481 e. The molecule has 0 radical (unpaired) electrons. The van der Waals surface area contributed by atoms with Crippen LogP contribution in [0.3, 0.4) is 0 Å². The standard InChI is InChI=1S/C36H43ClN2O7/c37-29-15-13-28(14-16-29)36(44)17-19-39(20-18-36)23-31-22-32(26-11-9-25(24-40)10-12-26)46-35(45-31)27-5-4-6-30(21-27)38-33(41)7-2-1-3-8-34(42)43/h4-6,9-16,21,31-32,35,40,44H,1-3,7-8,17-20,22-24H2,(H,38,41)(H,42,43)/t31-,32+,35+/m0/s1. The Morgan fingerprint density at radius 1 is 0.913 bits per heavy atom. The summed E-state index contributed by atoms with van der Waals surface area (Å²) in [5.74, 6) is -0.946. The summed E-state index contributed by atoms with van der Waals surface area (Å²) < 4.78 is 13.1. The number of halogens is 1. The monoisotopic (exact) mass is 650 g/mol. The molecule has 3 aromatic rings. The Hall–Kier alpha value is -3.31. The van der Waals surface area contributed by atoms with E-state index in [4.69, 9.17) is 26.2 Å². The van der Waals surface area contributed by atoms with Gasteiger partial charge in [-0.1, -0.05) is 66.6 Å². The number of benzene rings is 3. The molecular formula is C36H43ClN2O7. The molecule has 2 aliphatic rings. The van der Waals surface area contributed by atoms with Crippen molar-refractivity contribution < 1.29 is 34.4 Å². The van der Waals surface area contributed by atoms with Crippen molar-refractivity contribution in [1.82, 2.24) is 4.90 Å². The molecule has 0 bridgehead atoms. The predicted molar refractivity (Wildman–Crippen MR) is 175 cm³/mol. The summed E-state index contributed by atoms with van der Waals surface area (Å²) in [4.78, 5) is 25.6. The number of aliphatic hydroxyl groups is 2. The summed E-state index contributed by atoms with van der Waals surface area (Å²) in [6.07, 6.45) is 3.10. The number of carboxylic acids is 1. The molecule has 4 N–H and O–H groups in total. The molecule has 10 heteroatoms. The second kappa shape index (κ2) is 16.0.